The number of aldehydes is 1. The summed E-state index contributed by atoms with van der Waals surface area (Å²) in [5.74, 6) is 0.604. The van der Waals surface area contributed by atoms with Gasteiger partial charge in [0.1, 0.15) is 6.29 Å². The number of carbonyl (C=O) groups excluding carboxylic acids is 1. The lowest BCUT2D eigenvalue weighted by atomic mass is 9.97. The van der Waals surface area contributed by atoms with Crippen LogP contribution in [0.15, 0.2) is 47.9 Å². The molecule has 19 heavy (non-hydrogen) atoms. The number of allylic oxidation sites excluding steroid dienone is 1. The molecule has 0 aromatic heterocycles. The number of benzene rings is 1. The van der Waals surface area contributed by atoms with Crippen molar-refractivity contribution < 1.29 is 4.79 Å². The lowest BCUT2D eigenvalue weighted by molar-refractivity contribution is -0.110. The first kappa shape index (κ1) is 16.3. The van der Waals surface area contributed by atoms with Crippen molar-refractivity contribution in [2.75, 3.05) is 5.88 Å². The zero-order chi connectivity index (χ0) is 14.0. The average molecular weight is 297 g/mol. The number of thioether (sulfide) groups is 1. The van der Waals surface area contributed by atoms with Gasteiger partial charge in [-0.3, -0.25) is 0 Å². The average Bonchev–Trinajstić information content (AvgIpc) is 2.46. The predicted octanol–water partition coefficient (Wildman–Crippen LogP) is 5.09. The fourth-order valence-electron chi connectivity index (χ4n) is 2.00. The van der Waals surface area contributed by atoms with Crippen molar-refractivity contribution in [1.82, 2.24) is 0 Å². The van der Waals surface area contributed by atoms with Crippen LogP contribution in [-0.2, 0) is 4.79 Å². The highest BCUT2D eigenvalue weighted by Crippen LogP contribution is 2.39. The van der Waals surface area contributed by atoms with Gasteiger partial charge in [0.05, 0.1) is 4.75 Å². The summed E-state index contributed by atoms with van der Waals surface area (Å²) in [5.41, 5.74) is 0. The summed E-state index contributed by atoms with van der Waals surface area (Å²) in [4.78, 5) is 12.8. The fourth-order valence-corrected chi connectivity index (χ4v) is 3.44. The Bertz CT molecular complexity index is 380. The van der Waals surface area contributed by atoms with Gasteiger partial charge in [-0.25, -0.2) is 0 Å². The molecular weight excluding hydrogens is 276 g/mol. The Labute approximate surface area is 125 Å². The van der Waals surface area contributed by atoms with E-state index in [0.717, 1.165) is 43.3 Å². The summed E-state index contributed by atoms with van der Waals surface area (Å²) in [5, 5.41) is 0. The molecule has 0 aliphatic rings. The Morgan fingerprint density at radius 2 is 1.89 bits per heavy atom. The van der Waals surface area contributed by atoms with Crippen LogP contribution in [0.5, 0.6) is 0 Å². The Hall–Kier alpha value is -0.730. The molecule has 3 heteroatoms. The Morgan fingerprint density at radius 3 is 2.47 bits per heavy atom. The molecule has 1 rings (SSSR count). The van der Waals surface area contributed by atoms with Gasteiger partial charge < -0.3 is 4.79 Å². The molecule has 1 aromatic carbocycles. The molecular formula is C16H21ClOS. The van der Waals surface area contributed by atoms with Gasteiger partial charge in [0, 0.05) is 10.8 Å². The number of hydrogen-bond acceptors (Lipinski definition) is 2. The normalized spacial score (nSPS) is 13.7. The topological polar surface area (TPSA) is 17.1 Å². The summed E-state index contributed by atoms with van der Waals surface area (Å²) in [6.45, 7) is 3.74. The summed E-state index contributed by atoms with van der Waals surface area (Å²) in [6, 6.07) is 10.1. The summed E-state index contributed by atoms with van der Waals surface area (Å²) in [6.07, 6.45) is 7.53. The first-order valence-corrected chi connectivity index (χ1v) is 7.99. The second-order valence-electron chi connectivity index (χ2n) is 4.57. The maximum absolute atomic E-state index is 11.6. The fraction of sp³-hybridized carbons (Fsp3) is 0.438. The highest BCUT2D eigenvalue weighted by molar-refractivity contribution is 8.01. The third-order valence-electron chi connectivity index (χ3n) is 3.02. The van der Waals surface area contributed by atoms with E-state index in [1.807, 2.05) is 24.3 Å². The van der Waals surface area contributed by atoms with E-state index in [0.29, 0.717) is 5.88 Å². The maximum Gasteiger partial charge on any atom is 0.136 e. The SMILES string of the molecule is C=CCCCC(C=O)(CCCCl)Sc1ccccc1. The minimum Gasteiger partial charge on any atom is -0.302 e. The smallest absolute Gasteiger partial charge is 0.136 e. The van der Waals surface area contributed by atoms with Crippen LogP contribution in [0.3, 0.4) is 0 Å². The van der Waals surface area contributed by atoms with Gasteiger partial charge in [0.15, 0.2) is 0 Å². The molecule has 0 heterocycles. The molecule has 0 N–H and O–H groups in total. The molecule has 1 nitrogen and oxygen atoms in total. The molecule has 0 amide bonds. The van der Waals surface area contributed by atoms with Crippen molar-refractivity contribution in [3.8, 4) is 0 Å². The van der Waals surface area contributed by atoms with Crippen LogP contribution >= 0.6 is 23.4 Å². The van der Waals surface area contributed by atoms with Crippen molar-refractivity contribution in [1.29, 1.82) is 0 Å². The lowest BCUT2D eigenvalue weighted by Gasteiger charge is -2.27. The summed E-state index contributed by atoms with van der Waals surface area (Å²) in [7, 11) is 0. The Morgan fingerprint density at radius 1 is 1.21 bits per heavy atom. The third kappa shape index (κ3) is 5.84. The molecule has 1 atom stereocenters. The van der Waals surface area contributed by atoms with Crippen LogP contribution < -0.4 is 0 Å². The first-order chi connectivity index (χ1) is 9.26. The maximum atomic E-state index is 11.6. The van der Waals surface area contributed by atoms with E-state index < -0.39 is 0 Å². The highest BCUT2D eigenvalue weighted by Gasteiger charge is 2.29. The van der Waals surface area contributed by atoms with Crippen molar-refractivity contribution in [3.63, 3.8) is 0 Å². The van der Waals surface area contributed by atoms with Gasteiger partial charge in [0.25, 0.3) is 0 Å². The van der Waals surface area contributed by atoms with Crippen LogP contribution in [0, 0.1) is 0 Å². The van der Waals surface area contributed by atoms with E-state index >= 15 is 0 Å². The van der Waals surface area contributed by atoms with Crippen LogP contribution in [0.4, 0.5) is 0 Å². The predicted molar refractivity (Wildman–Crippen MR) is 85.1 cm³/mol. The summed E-state index contributed by atoms with van der Waals surface area (Å²) < 4.78 is -0.348. The largest absolute Gasteiger partial charge is 0.302 e. The van der Waals surface area contributed by atoms with Crippen LogP contribution in [0.25, 0.3) is 0 Å². The number of hydrogen-bond donors (Lipinski definition) is 0. The van der Waals surface area contributed by atoms with E-state index in [4.69, 9.17) is 11.6 Å². The van der Waals surface area contributed by atoms with Crippen LogP contribution in [-0.4, -0.2) is 16.9 Å². The van der Waals surface area contributed by atoms with Crippen molar-refractivity contribution in [2.45, 2.75) is 41.7 Å². The van der Waals surface area contributed by atoms with E-state index in [9.17, 15) is 4.79 Å². The number of halogens is 1. The molecule has 0 radical (unpaired) electrons. The summed E-state index contributed by atoms with van der Waals surface area (Å²) >= 11 is 7.45. The number of carbonyl (C=O) groups is 1. The molecule has 0 spiro atoms. The van der Waals surface area contributed by atoms with E-state index in [-0.39, 0.29) is 4.75 Å². The van der Waals surface area contributed by atoms with Gasteiger partial charge in [-0.1, -0.05) is 24.3 Å². The molecule has 0 saturated carbocycles. The standard InChI is InChI=1S/C16H21ClOS/c1-2-3-7-11-16(14-18,12-8-13-17)19-15-9-5-4-6-10-15/h2,4-6,9-10,14H,1,3,7-8,11-13H2. The Kier molecular flexibility index (Phi) is 7.92. The van der Waals surface area contributed by atoms with Gasteiger partial charge >= 0.3 is 0 Å². The second kappa shape index (κ2) is 9.22. The van der Waals surface area contributed by atoms with Crippen LogP contribution in [0.2, 0.25) is 0 Å². The second-order valence-corrected chi connectivity index (χ2v) is 6.44. The van der Waals surface area contributed by atoms with Crippen molar-refractivity contribution in [3.05, 3.63) is 43.0 Å². The molecule has 0 saturated heterocycles. The van der Waals surface area contributed by atoms with E-state index in [2.05, 4.69) is 18.7 Å². The monoisotopic (exact) mass is 296 g/mol. The van der Waals surface area contributed by atoms with Gasteiger partial charge in [0.2, 0.25) is 0 Å². The highest BCUT2D eigenvalue weighted by atomic mass is 35.5. The molecule has 0 aliphatic carbocycles. The van der Waals surface area contributed by atoms with Gasteiger partial charge in [-0.15, -0.1) is 29.9 Å². The van der Waals surface area contributed by atoms with Gasteiger partial charge in [-0.05, 0) is 44.2 Å². The number of rotatable bonds is 10. The number of unbranched alkanes of at least 4 members (excludes halogenated alkanes) is 1. The lowest BCUT2D eigenvalue weighted by Crippen LogP contribution is -2.27. The molecule has 0 bridgehead atoms. The van der Waals surface area contributed by atoms with Crippen molar-refractivity contribution >= 4 is 29.6 Å². The quantitative estimate of drug-likeness (QED) is 0.197. The zero-order valence-electron chi connectivity index (χ0n) is 11.2. The third-order valence-corrected chi connectivity index (χ3v) is 4.71. The zero-order valence-corrected chi connectivity index (χ0v) is 12.8. The van der Waals surface area contributed by atoms with E-state index in [1.165, 1.54) is 0 Å². The van der Waals surface area contributed by atoms with Crippen LogP contribution in [0.1, 0.15) is 32.1 Å². The minimum absolute atomic E-state index is 0.348. The molecule has 0 aliphatic heterocycles. The number of alkyl halides is 1. The minimum atomic E-state index is -0.348. The van der Waals surface area contributed by atoms with E-state index in [1.54, 1.807) is 11.8 Å². The molecule has 1 unspecified atom stereocenters. The van der Waals surface area contributed by atoms with Gasteiger partial charge in [-0.2, -0.15) is 0 Å². The first-order valence-electron chi connectivity index (χ1n) is 6.63. The molecule has 1 aromatic rings. The van der Waals surface area contributed by atoms with Crippen molar-refractivity contribution in [2.24, 2.45) is 0 Å². The molecule has 0 fully saturated rings. The Balaban J connectivity index is 2.75. The molecule has 104 valence electrons.